The lowest BCUT2D eigenvalue weighted by molar-refractivity contribution is -0.133. The second kappa shape index (κ2) is 10.6. The van der Waals surface area contributed by atoms with Crippen LogP contribution in [0.2, 0.25) is 0 Å². The number of hydrogen-bond acceptors (Lipinski definition) is 3. The minimum atomic E-state index is -0.483. The van der Waals surface area contributed by atoms with Crippen LogP contribution in [0.4, 0.5) is 4.39 Å². The van der Waals surface area contributed by atoms with Gasteiger partial charge in [0, 0.05) is 18.2 Å². The van der Waals surface area contributed by atoms with Crippen LogP contribution in [0.15, 0.2) is 77.4 Å². The predicted molar refractivity (Wildman–Crippen MR) is 117 cm³/mol. The van der Waals surface area contributed by atoms with E-state index in [-0.39, 0.29) is 30.0 Å². The number of furan rings is 1. The topological polar surface area (TPSA) is 53.8 Å². The molecule has 0 atom stereocenters. The zero-order valence-corrected chi connectivity index (χ0v) is 17.8. The highest BCUT2D eigenvalue weighted by Gasteiger charge is 2.25. The van der Waals surface area contributed by atoms with Gasteiger partial charge in [0.1, 0.15) is 18.1 Å². The number of nitrogens with zero attached hydrogens (tertiary/aromatic N) is 2. The first-order valence-electron chi connectivity index (χ1n) is 10.3. The van der Waals surface area contributed by atoms with E-state index >= 15 is 0 Å². The van der Waals surface area contributed by atoms with E-state index in [0.717, 1.165) is 5.56 Å². The fourth-order valence-electron chi connectivity index (χ4n) is 3.31. The molecular formula is C25H27FN2O3. The molecule has 2 amide bonds. The summed E-state index contributed by atoms with van der Waals surface area (Å²) in [5, 5.41) is 0. The summed E-state index contributed by atoms with van der Waals surface area (Å²) >= 11 is 0. The lowest BCUT2D eigenvalue weighted by Gasteiger charge is -2.30. The van der Waals surface area contributed by atoms with Crippen molar-refractivity contribution in [2.75, 3.05) is 13.1 Å². The summed E-state index contributed by atoms with van der Waals surface area (Å²) in [6, 6.07) is 18.8. The van der Waals surface area contributed by atoms with Crippen LogP contribution < -0.4 is 0 Å². The van der Waals surface area contributed by atoms with Gasteiger partial charge < -0.3 is 14.2 Å². The first-order valence-corrected chi connectivity index (χ1v) is 10.3. The van der Waals surface area contributed by atoms with Crippen molar-refractivity contribution >= 4 is 11.8 Å². The fraction of sp³-hybridized carbons (Fsp3) is 0.280. The maximum atomic E-state index is 13.6. The Bertz CT molecular complexity index is 987. The molecule has 0 unspecified atom stereocenters. The van der Waals surface area contributed by atoms with E-state index in [1.54, 1.807) is 23.3 Å². The Balaban J connectivity index is 1.75. The molecule has 0 aliphatic carbocycles. The second-order valence-electron chi connectivity index (χ2n) is 7.67. The minimum absolute atomic E-state index is 0.0947. The Kier molecular flexibility index (Phi) is 7.60. The maximum Gasteiger partial charge on any atom is 0.254 e. The predicted octanol–water partition coefficient (Wildman–Crippen LogP) is 4.54. The zero-order valence-electron chi connectivity index (χ0n) is 17.8. The van der Waals surface area contributed by atoms with Crippen LogP contribution in [0.1, 0.15) is 35.5 Å². The van der Waals surface area contributed by atoms with E-state index in [4.69, 9.17) is 4.42 Å². The van der Waals surface area contributed by atoms with Crippen molar-refractivity contribution in [3.63, 3.8) is 0 Å². The fourth-order valence-corrected chi connectivity index (χ4v) is 3.31. The summed E-state index contributed by atoms with van der Waals surface area (Å²) in [5.41, 5.74) is 1.35. The average molecular weight is 423 g/mol. The highest BCUT2D eigenvalue weighted by atomic mass is 19.1. The maximum absolute atomic E-state index is 13.6. The molecule has 6 heteroatoms. The van der Waals surface area contributed by atoms with Gasteiger partial charge >= 0.3 is 0 Å². The number of benzene rings is 2. The molecule has 2 aromatic carbocycles. The Morgan fingerprint density at radius 3 is 2.42 bits per heavy atom. The third-order valence-electron chi connectivity index (χ3n) is 5.05. The quantitative estimate of drug-likeness (QED) is 0.509. The third-order valence-corrected chi connectivity index (χ3v) is 5.05. The molecule has 0 fully saturated rings. The van der Waals surface area contributed by atoms with E-state index in [2.05, 4.69) is 0 Å². The van der Waals surface area contributed by atoms with Gasteiger partial charge in [-0.3, -0.25) is 9.59 Å². The van der Waals surface area contributed by atoms with Crippen molar-refractivity contribution in [1.29, 1.82) is 0 Å². The first-order chi connectivity index (χ1) is 14.9. The largest absolute Gasteiger partial charge is 0.467 e. The lowest BCUT2D eigenvalue weighted by atomic mass is 10.1. The molecule has 0 bridgehead atoms. The number of carbonyl (C=O) groups excluding carboxylic acids is 2. The van der Waals surface area contributed by atoms with Crippen molar-refractivity contribution in [1.82, 2.24) is 9.80 Å². The van der Waals surface area contributed by atoms with Gasteiger partial charge in [0.05, 0.1) is 12.8 Å². The van der Waals surface area contributed by atoms with Gasteiger partial charge in [-0.25, -0.2) is 4.39 Å². The number of carbonyl (C=O) groups is 2. The summed E-state index contributed by atoms with van der Waals surface area (Å²) < 4.78 is 19.0. The van der Waals surface area contributed by atoms with Gasteiger partial charge in [-0.15, -0.1) is 0 Å². The van der Waals surface area contributed by atoms with Crippen LogP contribution in [0.5, 0.6) is 0 Å². The van der Waals surface area contributed by atoms with Gasteiger partial charge in [0.25, 0.3) is 5.91 Å². The summed E-state index contributed by atoms with van der Waals surface area (Å²) in [4.78, 5) is 29.3. The van der Waals surface area contributed by atoms with Crippen molar-refractivity contribution in [3.05, 3.63) is 95.7 Å². The van der Waals surface area contributed by atoms with Gasteiger partial charge in [0.2, 0.25) is 5.91 Å². The van der Waals surface area contributed by atoms with E-state index < -0.39 is 5.82 Å². The highest BCUT2D eigenvalue weighted by molar-refractivity contribution is 5.96. The normalized spacial score (nSPS) is 10.8. The molecule has 0 radical (unpaired) electrons. The SMILES string of the molecule is CC(C)N(CC(=O)N(CCc1ccccc1)Cc1ccco1)C(=O)c1cccc(F)c1. The molecule has 3 aromatic rings. The summed E-state index contributed by atoms with van der Waals surface area (Å²) in [6.07, 6.45) is 2.26. The molecule has 5 nitrogen and oxygen atoms in total. The number of amides is 2. The average Bonchev–Trinajstić information content (AvgIpc) is 3.28. The Morgan fingerprint density at radius 1 is 1.00 bits per heavy atom. The van der Waals surface area contributed by atoms with Crippen molar-refractivity contribution in [2.24, 2.45) is 0 Å². The van der Waals surface area contributed by atoms with Gasteiger partial charge in [-0.1, -0.05) is 36.4 Å². The van der Waals surface area contributed by atoms with Gasteiger partial charge in [-0.05, 0) is 56.2 Å². The molecule has 0 saturated carbocycles. The van der Waals surface area contributed by atoms with E-state index in [9.17, 15) is 14.0 Å². The molecule has 1 aromatic heterocycles. The van der Waals surface area contributed by atoms with Crippen LogP contribution in [0.25, 0.3) is 0 Å². The van der Waals surface area contributed by atoms with Crippen LogP contribution in [0, 0.1) is 5.82 Å². The van der Waals surface area contributed by atoms with Crippen LogP contribution >= 0.6 is 0 Å². The van der Waals surface area contributed by atoms with Gasteiger partial charge in [0.15, 0.2) is 0 Å². The van der Waals surface area contributed by atoms with Crippen molar-refractivity contribution in [3.8, 4) is 0 Å². The highest BCUT2D eigenvalue weighted by Crippen LogP contribution is 2.13. The molecule has 0 aliphatic rings. The number of rotatable bonds is 9. The van der Waals surface area contributed by atoms with Crippen molar-refractivity contribution < 1.29 is 18.4 Å². The summed E-state index contributed by atoms with van der Waals surface area (Å²) in [5.74, 6) is -0.369. The molecule has 31 heavy (non-hydrogen) atoms. The molecule has 0 saturated heterocycles. The Labute approximate surface area is 182 Å². The lowest BCUT2D eigenvalue weighted by Crippen LogP contribution is -2.46. The van der Waals surface area contributed by atoms with Crippen LogP contribution in [-0.2, 0) is 17.8 Å². The smallest absolute Gasteiger partial charge is 0.254 e. The van der Waals surface area contributed by atoms with Gasteiger partial charge in [-0.2, -0.15) is 0 Å². The number of hydrogen-bond donors (Lipinski definition) is 0. The molecule has 0 aliphatic heterocycles. The summed E-state index contributed by atoms with van der Waals surface area (Å²) in [6.45, 7) is 4.39. The standard InChI is InChI=1S/C25H27FN2O3/c1-19(2)28(25(30)21-10-6-11-22(26)16-21)18-24(29)27(17-23-12-7-15-31-23)14-13-20-8-4-3-5-9-20/h3-12,15-16,19H,13-14,17-18H2,1-2H3. The van der Waals surface area contributed by atoms with E-state index in [1.165, 1.54) is 23.1 Å². The van der Waals surface area contributed by atoms with Crippen LogP contribution in [0.3, 0.4) is 0 Å². The number of halogens is 1. The molecule has 1 heterocycles. The molecule has 3 rings (SSSR count). The zero-order chi connectivity index (χ0) is 22.2. The Hall–Kier alpha value is -3.41. The van der Waals surface area contributed by atoms with Crippen molar-refractivity contribution in [2.45, 2.75) is 32.9 Å². The van der Waals surface area contributed by atoms with E-state index in [1.807, 2.05) is 50.2 Å². The molecule has 0 spiro atoms. The first kappa shape index (κ1) is 22.3. The minimum Gasteiger partial charge on any atom is -0.467 e. The molecular weight excluding hydrogens is 395 g/mol. The monoisotopic (exact) mass is 422 g/mol. The third kappa shape index (κ3) is 6.28. The van der Waals surface area contributed by atoms with E-state index in [0.29, 0.717) is 25.3 Å². The molecule has 162 valence electrons. The summed E-state index contributed by atoms with van der Waals surface area (Å²) in [7, 11) is 0. The second-order valence-corrected chi connectivity index (χ2v) is 7.67. The van der Waals surface area contributed by atoms with Crippen LogP contribution in [-0.4, -0.2) is 40.7 Å². The molecule has 0 N–H and O–H groups in total. The Morgan fingerprint density at radius 2 is 1.77 bits per heavy atom.